The Morgan fingerprint density at radius 2 is 1.96 bits per heavy atom. The minimum absolute atomic E-state index is 0.0591. The summed E-state index contributed by atoms with van der Waals surface area (Å²) >= 11 is 0. The van der Waals surface area contributed by atoms with Crippen molar-refractivity contribution in [1.29, 1.82) is 0 Å². The molecule has 1 aliphatic heterocycles. The van der Waals surface area contributed by atoms with E-state index in [1.165, 1.54) is 12.0 Å². The summed E-state index contributed by atoms with van der Waals surface area (Å²) in [6, 6.07) is 9.15. The summed E-state index contributed by atoms with van der Waals surface area (Å²) in [5.74, 6) is -1.87. The Morgan fingerprint density at radius 1 is 1.26 bits per heavy atom. The number of amides is 2. The van der Waals surface area contributed by atoms with Gasteiger partial charge in [-0.25, -0.2) is 4.79 Å². The van der Waals surface area contributed by atoms with Gasteiger partial charge in [-0.1, -0.05) is 30.3 Å². The van der Waals surface area contributed by atoms with E-state index in [9.17, 15) is 14.4 Å². The number of rotatable bonds is 5. The molecule has 1 aliphatic rings. The molecule has 0 spiro atoms. The first kappa shape index (κ1) is 16.8. The highest BCUT2D eigenvalue weighted by Crippen LogP contribution is 2.33. The second-order valence-corrected chi connectivity index (χ2v) is 5.43. The molecule has 0 aliphatic carbocycles. The molecule has 1 fully saturated rings. The standard InChI is InChI=1S/C16H20N2O5/c1-23-15(21)13-10-18(16(22)17-8-7-14(19)20)9-12(13)11-5-3-2-4-6-11/h2-6,12-13H,7-10H2,1H3,(H,17,22)(H,19,20). The maximum Gasteiger partial charge on any atom is 0.317 e. The topological polar surface area (TPSA) is 95.9 Å². The molecule has 124 valence electrons. The van der Waals surface area contributed by atoms with E-state index in [2.05, 4.69) is 5.32 Å². The molecule has 7 heteroatoms. The first-order valence-electron chi connectivity index (χ1n) is 7.40. The Balaban J connectivity index is 2.06. The van der Waals surface area contributed by atoms with Gasteiger partial charge in [0, 0.05) is 25.6 Å². The molecule has 0 saturated carbocycles. The monoisotopic (exact) mass is 320 g/mol. The van der Waals surface area contributed by atoms with Crippen molar-refractivity contribution < 1.29 is 24.2 Å². The maximum absolute atomic E-state index is 12.1. The second kappa shape index (κ2) is 7.62. The zero-order valence-electron chi connectivity index (χ0n) is 12.9. The van der Waals surface area contributed by atoms with Crippen molar-refractivity contribution in [2.24, 2.45) is 5.92 Å². The minimum Gasteiger partial charge on any atom is -0.481 e. The number of hydrogen-bond acceptors (Lipinski definition) is 4. The van der Waals surface area contributed by atoms with Crippen LogP contribution >= 0.6 is 0 Å². The van der Waals surface area contributed by atoms with Crippen molar-refractivity contribution >= 4 is 18.0 Å². The number of hydrogen-bond donors (Lipinski definition) is 2. The number of ether oxygens (including phenoxy) is 1. The summed E-state index contributed by atoms with van der Waals surface area (Å²) < 4.78 is 4.85. The highest BCUT2D eigenvalue weighted by Gasteiger charge is 2.41. The van der Waals surface area contributed by atoms with Crippen LogP contribution in [0.5, 0.6) is 0 Å². The molecule has 7 nitrogen and oxygen atoms in total. The number of carboxylic acids is 1. The summed E-state index contributed by atoms with van der Waals surface area (Å²) in [6.45, 7) is 0.706. The van der Waals surface area contributed by atoms with E-state index in [0.29, 0.717) is 6.54 Å². The van der Waals surface area contributed by atoms with E-state index in [1.54, 1.807) is 0 Å². The molecule has 0 radical (unpaired) electrons. The van der Waals surface area contributed by atoms with Crippen LogP contribution in [0.15, 0.2) is 30.3 Å². The smallest absolute Gasteiger partial charge is 0.317 e. The quantitative estimate of drug-likeness (QED) is 0.791. The molecule has 1 heterocycles. The molecule has 2 atom stereocenters. The lowest BCUT2D eigenvalue weighted by Gasteiger charge is -2.17. The molecule has 2 rings (SSSR count). The normalized spacial score (nSPS) is 20.1. The lowest BCUT2D eigenvalue weighted by atomic mass is 9.89. The number of esters is 1. The number of methoxy groups -OCH3 is 1. The average molecular weight is 320 g/mol. The zero-order valence-corrected chi connectivity index (χ0v) is 12.9. The number of urea groups is 1. The van der Waals surface area contributed by atoms with Crippen molar-refractivity contribution in [3.8, 4) is 0 Å². The van der Waals surface area contributed by atoms with E-state index < -0.39 is 11.9 Å². The maximum atomic E-state index is 12.1. The fourth-order valence-corrected chi connectivity index (χ4v) is 2.79. The summed E-state index contributed by atoms with van der Waals surface area (Å²) in [5.41, 5.74) is 0.976. The molecular formula is C16H20N2O5. The van der Waals surface area contributed by atoms with Gasteiger partial charge in [0.2, 0.25) is 0 Å². The number of nitrogens with one attached hydrogen (secondary N) is 1. The minimum atomic E-state index is -0.971. The van der Waals surface area contributed by atoms with Crippen LogP contribution in [-0.2, 0) is 14.3 Å². The van der Waals surface area contributed by atoms with Crippen LogP contribution in [0.4, 0.5) is 4.79 Å². The van der Waals surface area contributed by atoms with Gasteiger partial charge in [-0.15, -0.1) is 0 Å². The van der Waals surface area contributed by atoms with Crippen LogP contribution in [0.1, 0.15) is 17.9 Å². The van der Waals surface area contributed by atoms with Crippen molar-refractivity contribution in [3.05, 3.63) is 35.9 Å². The molecular weight excluding hydrogens is 300 g/mol. The van der Waals surface area contributed by atoms with Gasteiger partial charge in [0.05, 0.1) is 19.4 Å². The Labute approximate surface area is 134 Å². The largest absolute Gasteiger partial charge is 0.481 e. The van der Waals surface area contributed by atoms with Gasteiger partial charge in [-0.2, -0.15) is 0 Å². The molecule has 1 saturated heterocycles. The Hall–Kier alpha value is -2.57. The van der Waals surface area contributed by atoms with E-state index in [4.69, 9.17) is 9.84 Å². The van der Waals surface area contributed by atoms with Gasteiger partial charge in [0.25, 0.3) is 0 Å². The predicted octanol–water partition coefficient (Wildman–Crippen LogP) is 1.06. The number of carboxylic acid groups (broad SMARTS) is 1. The van der Waals surface area contributed by atoms with Crippen molar-refractivity contribution in [2.45, 2.75) is 12.3 Å². The first-order chi connectivity index (χ1) is 11.0. The van der Waals surface area contributed by atoms with Crippen LogP contribution in [0, 0.1) is 5.92 Å². The molecule has 2 amide bonds. The average Bonchev–Trinajstić information content (AvgIpc) is 3.00. The third-order valence-corrected chi connectivity index (χ3v) is 3.95. The molecule has 0 aromatic heterocycles. The zero-order chi connectivity index (χ0) is 16.8. The second-order valence-electron chi connectivity index (χ2n) is 5.43. The summed E-state index contributed by atoms with van der Waals surface area (Å²) in [6.07, 6.45) is -0.137. The van der Waals surface area contributed by atoms with E-state index in [0.717, 1.165) is 5.56 Å². The van der Waals surface area contributed by atoms with Gasteiger partial charge < -0.3 is 20.1 Å². The number of nitrogens with zero attached hydrogens (tertiary/aromatic N) is 1. The van der Waals surface area contributed by atoms with Crippen molar-refractivity contribution in [1.82, 2.24) is 10.2 Å². The lowest BCUT2D eigenvalue weighted by Crippen LogP contribution is -2.39. The van der Waals surface area contributed by atoms with Gasteiger partial charge in [0.15, 0.2) is 0 Å². The van der Waals surface area contributed by atoms with Crippen LogP contribution < -0.4 is 5.32 Å². The fraction of sp³-hybridized carbons (Fsp3) is 0.438. The molecule has 2 N–H and O–H groups in total. The third kappa shape index (κ3) is 4.21. The first-order valence-corrected chi connectivity index (χ1v) is 7.40. The number of carbonyl (C=O) groups is 3. The molecule has 23 heavy (non-hydrogen) atoms. The summed E-state index contributed by atoms with van der Waals surface area (Å²) in [5, 5.41) is 11.2. The van der Waals surface area contributed by atoms with Gasteiger partial charge in [-0.3, -0.25) is 9.59 Å². The Bertz CT molecular complexity index is 575. The highest BCUT2D eigenvalue weighted by atomic mass is 16.5. The fourth-order valence-electron chi connectivity index (χ4n) is 2.79. The van der Waals surface area contributed by atoms with Gasteiger partial charge in [0.1, 0.15) is 0 Å². The Kier molecular flexibility index (Phi) is 5.56. The molecule has 1 aromatic carbocycles. The van der Waals surface area contributed by atoms with Crippen LogP contribution in [0.3, 0.4) is 0 Å². The van der Waals surface area contributed by atoms with E-state index in [1.807, 2.05) is 30.3 Å². The molecule has 1 aromatic rings. The van der Waals surface area contributed by atoms with Crippen LogP contribution in [-0.4, -0.2) is 54.7 Å². The van der Waals surface area contributed by atoms with E-state index in [-0.39, 0.29) is 37.4 Å². The number of carbonyl (C=O) groups excluding carboxylic acids is 2. The van der Waals surface area contributed by atoms with Gasteiger partial charge in [-0.05, 0) is 5.56 Å². The highest BCUT2D eigenvalue weighted by molar-refractivity contribution is 5.79. The third-order valence-electron chi connectivity index (χ3n) is 3.95. The SMILES string of the molecule is COC(=O)C1CN(C(=O)NCCC(=O)O)CC1c1ccccc1. The number of benzene rings is 1. The van der Waals surface area contributed by atoms with E-state index >= 15 is 0 Å². The number of aliphatic carboxylic acids is 1. The predicted molar refractivity (Wildman–Crippen MR) is 81.9 cm³/mol. The Morgan fingerprint density at radius 3 is 2.57 bits per heavy atom. The van der Waals surface area contributed by atoms with Crippen LogP contribution in [0.25, 0.3) is 0 Å². The molecule has 2 unspecified atom stereocenters. The lowest BCUT2D eigenvalue weighted by molar-refractivity contribution is -0.145. The summed E-state index contributed by atoms with van der Waals surface area (Å²) in [7, 11) is 1.33. The number of likely N-dealkylation sites (tertiary alicyclic amines) is 1. The summed E-state index contributed by atoms with van der Waals surface area (Å²) in [4.78, 5) is 36.2. The van der Waals surface area contributed by atoms with Gasteiger partial charge >= 0.3 is 18.0 Å². The molecule has 0 bridgehead atoms. The van der Waals surface area contributed by atoms with Crippen molar-refractivity contribution in [3.63, 3.8) is 0 Å². The van der Waals surface area contributed by atoms with Crippen LogP contribution in [0.2, 0.25) is 0 Å². The van der Waals surface area contributed by atoms with Crippen molar-refractivity contribution in [2.75, 3.05) is 26.7 Å².